The minimum absolute atomic E-state index is 0.654. The third-order valence-corrected chi connectivity index (χ3v) is 2.55. The lowest BCUT2D eigenvalue weighted by atomic mass is 10.3. The summed E-state index contributed by atoms with van der Waals surface area (Å²) in [6.45, 7) is 8.16. The standard InChI is InChI=1S/C12H26N2O3/c1-2-4-14-6-8-16-10-12-17-11-9-15-7-5-13-3-1/h13-14H,1-12H2. The van der Waals surface area contributed by atoms with E-state index in [-0.39, 0.29) is 0 Å². The van der Waals surface area contributed by atoms with Crippen molar-refractivity contribution in [2.45, 2.75) is 12.8 Å². The molecule has 5 heteroatoms. The third kappa shape index (κ3) is 10.7. The van der Waals surface area contributed by atoms with Crippen LogP contribution in [0.15, 0.2) is 0 Å². The van der Waals surface area contributed by atoms with Gasteiger partial charge in [0.05, 0.1) is 39.6 Å². The lowest BCUT2D eigenvalue weighted by Crippen LogP contribution is -2.24. The number of hydrogen-bond acceptors (Lipinski definition) is 5. The Kier molecular flexibility index (Phi) is 10.7. The average Bonchev–Trinajstić information content (AvgIpc) is 2.35. The molecule has 1 rings (SSSR count). The minimum Gasteiger partial charge on any atom is -0.378 e. The molecule has 1 aliphatic rings. The lowest BCUT2D eigenvalue weighted by Gasteiger charge is -2.06. The fraction of sp³-hybridized carbons (Fsp3) is 1.00. The van der Waals surface area contributed by atoms with Gasteiger partial charge in [0.25, 0.3) is 0 Å². The molecule has 17 heavy (non-hydrogen) atoms. The third-order valence-electron chi connectivity index (χ3n) is 2.55. The van der Waals surface area contributed by atoms with Crippen molar-refractivity contribution < 1.29 is 14.2 Å². The van der Waals surface area contributed by atoms with E-state index in [1.807, 2.05) is 0 Å². The van der Waals surface area contributed by atoms with Crippen LogP contribution >= 0.6 is 0 Å². The summed E-state index contributed by atoms with van der Waals surface area (Å²) in [4.78, 5) is 0. The van der Waals surface area contributed by atoms with Gasteiger partial charge in [-0.05, 0) is 25.9 Å². The molecule has 0 aromatic carbocycles. The predicted octanol–water partition coefficient (Wildman–Crippen LogP) is 0.00920. The molecule has 102 valence electrons. The summed E-state index contributed by atoms with van der Waals surface area (Å²) in [6, 6.07) is 0. The highest BCUT2D eigenvalue weighted by Crippen LogP contribution is 1.86. The molecule has 1 fully saturated rings. The van der Waals surface area contributed by atoms with E-state index in [2.05, 4.69) is 10.6 Å². The molecule has 5 nitrogen and oxygen atoms in total. The van der Waals surface area contributed by atoms with Gasteiger partial charge in [0.2, 0.25) is 0 Å². The van der Waals surface area contributed by atoms with Crippen molar-refractivity contribution in [3.63, 3.8) is 0 Å². The van der Waals surface area contributed by atoms with Crippen LogP contribution in [-0.2, 0) is 14.2 Å². The molecule has 0 unspecified atom stereocenters. The fourth-order valence-corrected chi connectivity index (χ4v) is 1.58. The Bertz CT molecular complexity index is 89.2. The van der Waals surface area contributed by atoms with Crippen molar-refractivity contribution in [1.29, 1.82) is 0 Å². The van der Waals surface area contributed by atoms with Crippen LogP contribution in [0, 0.1) is 0 Å². The van der Waals surface area contributed by atoms with Crippen LogP contribution in [0.4, 0.5) is 0 Å². The summed E-state index contributed by atoms with van der Waals surface area (Å²) in [7, 11) is 0. The Labute approximate surface area is 104 Å². The van der Waals surface area contributed by atoms with Gasteiger partial charge in [-0.1, -0.05) is 0 Å². The van der Waals surface area contributed by atoms with Gasteiger partial charge in [0.1, 0.15) is 0 Å². The summed E-state index contributed by atoms with van der Waals surface area (Å²) in [6.07, 6.45) is 2.41. The van der Waals surface area contributed by atoms with Gasteiger partial charge in [-0.3, -0.25) is 0 Å². The largest absolute Gasteiger partial charge is 0.378 e. The van der Waals surface area contributed by atoms with Crippen molar-refractivity contribution in [1.82, 2.24) is 10.6 Å². The van der Waals surface area contributed by atoms with Crippen LogP contribution in [0.2, 0.25) is 0 Å². The molecule has 1 saturated heterocycles. The minimum atomic E-state index is 0.654. The number of nitrogens with one attached hydrogen (secondary N) is 2. The first-order valence-corrected chi connectivity index (χ1v) is 6.65. The SMILES string of the molecule is C1CCNCCOCCOCCOCCNC1. The molecule has 1 aliphatic heterocycles. The number of ether oxygens (including phenoxy) is 3. The van der Waals surface area contributed by atoms with Gasteiger partial charge in [-0.2, -0.15) is 0 Å². The molecule has 0 saturated carbocycles. The van der Waals surface area contributed by atoms with E-state index in [4.69, 9.17) is 14.2 Å². The zero-order valence-corrected chi connectivity index (χ0v) is 10.7. The first-order chi connectivity index (χ1) is 8.50. The second kappa shape index (κ2) is 12.3. The summed E-state index contributed by atoms with van der Waals surface area (Å²) in [5.74, 6) is 0. The van der Waals surface area contributed by atoms with Gasteiger partial charge in [0.15, 0.2) is 0 Å². The first-order valence-electron chi connectivity index (χ1n) is 6.65. The van der Waals surface area contributed by atoms with Gasteiger partial charge >= 0.3 is 0 Å². The zero-order valence-electron chi connectivity index (χ0n) is 10.7. The molecule has 0 aliphatic carbocycles. The Balaban J connectivity index is 2.01. The van der Waals surface area contributed by atoms with Gasteiger partial charge < -0.3 is 24.8 Å². The van der Waals surface area contributed by atoms with Crippen molar-refractivity contribution in [2.75, 3.05) is 65.8 Å². The zero-order chi connectivity index (χ0) is 12.0. The van der Waals surface area contributed by atoms with Gasteiger partial charge in [0, 0.05) is 13.1 Å². The summed E-state index contributed by atoms with van der Waals surface area (Å²) in [5.41, 5.74) is 0. The Morgan fingerprint density at radius 3 is 1.35 bits per heavy atom. The number of rotatable bonds is 0. The maximum absolute atomic E-state index is 5.42. The van der Waals surface area contributed by atoms with E-state index in [9.17, 15) is 0 Å². The highest BCUT2D eigenvalue weighted by atomic mass is 16.5. The van der Waals surface area contributed by atoms with Gasteiger partial charge in [-0.25, -0.2) is 0 Å². The molecule has 0 radical (unpaired) electrons. The normalized spacial score (nSPS) is 24.0. The Morgan fingerprint density at radius 1 is 0.471 bits per heavy atom. The van der Waals surface area contributed by atoms with Crippen LogP contribution in [0.25, 0.3) is 0 Å². The van der Waals surface area contributed by atoms with Crippen LogP contribution in [0.1, 0.15) is 12.8 Å². The molecule has 0 bridgehead atoms. The van der Waals surface area contributed by atoms with Crippen molar-refractivity contribution in [3.8, 4) is 0 Å². The predicted molar refractivity (Wildman–Crippen MR) is 67.4 cm³/mol. The molecule has 2 N–H and O–H groups in total. The van der Waals surface area contributed by atoms with Gasteiger partial charge in [-0.15, -0.1) is 0 Å². The van der Waals surface area contributed by atoms with Crippen molar-refractivity contribution in [2.24, 2.45) is 0 Å². The fourth-order valence-electron chi connectivity index (χ4n) is 1.58. The number of hydrogen-bond donors (Lipinski definition) is 2. The van der Waals surface area contributed by atoms with Crippen molar-refractivity contribution >= 4 is 0 Å². The quantitative estimate of drug-likeness (QED) is 0.630. The van der Waals surface area contributed by atoms with Crippen LogP contribution in [0.3, 0.4) is 0 Å². The second-order valence-corrected chi connectivity index (χ2v) is 4.04. The van der Waals surface area contributed by atoms with Crippen LogP contribution < -0.4 is 10.6 Å². The second-order valence-electron chi connectivity index (χ2n) is 4.04. The molecule has 0 amide bonds. The Hall–Kier alpha value is -0.200. The molecular weight excluding hydrogens is 220 g/mol. The van der Waals surface area contributed by atoms with E-state index in [0.29, 0.717) is 26.4 Å². The maximum Gasteiger partial charge on any atom is 0.0701 e. The summed E-state index contributed by atoms with van der Waals surface area (Å²) < 4.78 is 16.2. The molecular formula is C12H26N2O3. The summed E-state index contributed by atoms with van der Waals surface area (Å²) in [5, 5.41) is 6.72. The molecule has 0 spiro atoms. The van der Waals surface area contributed by atoms with Crippen LogP contribution in [0.5, 0.6) is 0 Å². The monoisotopic (exact) mass is 246 g/mol. The van der Waals surface area contributed by atoms with Crippen LogP contribution in [-0.4, -0.2) is 65.8 Å². The highest BCUT2D eigenvalue weighted by molar-refractivity contribution is 4.52. The van der Waals surface area contributed by atoms with E-state index in [1.165, 1.54) is 12.8 Å². The van der Waals surface area contributed by atoms with E-state index in [0.717, 1.165) is 39.4 Å². The van der Waals surface area contributed by atoms with E-state index < -0.39 is 0 Å². The van der Waals surface area contributed by atoms with Crippen molar-refractivity contribution in [3.05, 3.63) is 0 Å². The highest BCUT2D eigenvalue weighted by Gasteiger charge is 1.94. The summed E-state index contributed by atoms with van der Waals surface area (Å²) >= 11 is 0. The molecule has 0 aromatic heterocycles. The van der Waals surface area contributed by atoms with E-state index in [1.54, 1.807) is 0 Å². The molecule has 0 atom stereocenters. The topological polar surface area (TPSA) is 51.8 Å². The first kappa shape index (κ1) is 14.9. The average molecular weight is 246 g/mol. The smallest absolute Gasteiger partial charge is 0.0701 e. The maximum atomic E-state index is 5.42. The molecule has 0 aromatic rings. The van der Waals surface area contributed by atoms with E-state index >= 15 is 0 Å². The Morgan fingerprint density at radius 2 is 0.882 bits per heavy atom. The lowest BCUT2D eigenvalue weighted by molar-refractivity contribution is 0.0159. The molecule has 1 heterocycles.